The van der Waals surface area contributed by atoms with Crippen LogP contribution in [-0.4, -0.2) is 28.5 Å². The molecular formula is C20H21N3O2. The smallest absolute Gasteiger partial charge is 0.258 e. The zero-order valence-electron chi connectivity index (χ0n) is 13.9. The first-order valence-corrected chi connectivity index (χ1v) is 8.71. The van der Waals surface area contributed by atoms with Crippen LogP contribution in [0.4, 0.5) is 0 Å². The number of fused-ring (bicyclic) bond motifs is 1. The molecular weight excluding hydrogens is 314 g/mol. The third-order valence-electron chi connectivity index (χ3n) is 4.73. The fourth-order valence-electron chi connectivity index (χ4n) is 3.52. The van der Waals surface area contributed by atoms with Gasteiger partial charge in [0.2, 0.25) is 0 Å². The topological polar surface area (TPSA) is 67.0 Å². The molecule has 2 atom stereocenters. The third-order valence-corrected chi connectivity index (χ3v) is 4.73. The van der Waals surface area contributed by atoms with E-state index in [4.69, 9.17) is 9.72 Å². The van der Waals surface area contributed by atoms with Crippen LogP contribution in [0.25, 0.3) is 11.0 Å². The number of nitrogens with one attached hydrogen (secondary N) is 2. The molecule has 1 heterocycles. The van der Waals surface area contributed by atoms with Crippen molar-refractivity contribution in [3.8, 4) is 5.75 Å². The van der Waals surface area contributed by atoms with Crippen molar-refractivity contribution in [1.29, 1.82) is 0 Å². The first-order valence-electron chi connectivity index (χ1n) is 8.71. The maximum Gasteiger partial charge on any atom is 0.258 e. The highest BCUT2D eigenvalue weighted by Gasteiger charge is 2.32. The highest BCUT2D eigenvalue weighted by atomic mass is 16.5. The lowest BCUT2D eigenvalue weighted by molar-refractivity contribution is -0.123. The molecule has 1 aliphatic carbocycles. The Hall–Kier alpha value is -2.82. The Bertz CT molecular complexity index is 827. The lowest BCUT2D eigenvalue weighted by Crippen LogP contribution is -2.39. The maximum atomic E-state index is 12.3. The normalized spacial score (nSPS) is 19.8. The van der Waals surface area contributed by atoms with Crippen LogP contribution >= 0.6 is 0 Å². The molecule has 4 rings (SSSR count). The second-order valence-corrected chi connectivity index (χ2v) is 6.45. The molecule has 0 bridgehead atoms. The number of hydrogen-bond donors (Lipinski definition) is 2. The predicted octanol–water partition coefficient (Wildman–Crippen LogP) is 3.39. The molecule has 2 unspecified atom stereocenters. The minimum absolute atomic E-state index is 0.0351. The summed E-state index contributed by atoms with van der Waals surface area (Å²) < 4.78 is 5.53. The van der Waals surface area contributed by atoms with E-state index in [1.165, 1.54) is 0 Å². The molecule has 25 heavy (non-hydrogen) atoms. The molecule has 0 radical (unpaired) electrons. The Labute approximate surface area is 146 Å². The van der Waals surface area contributed by atoms with Crippen molar-refractivity contribution < 1.29 is 9.53 Å². The van der Waals surface area contributed by atoms with Gasteiger partial charge in [-0.3, -0.25) is 4.79 Å². The Morgan fingerprint density at radius 1 is 1.12 bits per heavy atom. The standard InChI is InChI=1S/C20H21N3O2/c24-19(13-25-14-7-2-1-3-8-14)21-16-12-6-9-15(16)20-22-17-10-4-5-11-18(17)23-20/h1-5,7-8,10-11,15-16H,6,9,12-13H2,(H,21,24)(H,22,23). The largest absolute Gasteiger partial charge is 0.484 e. The molecule has 2 aromatic carbocycles. The summed E-state index contributed by atoms with van der Waals surface area (Å²) in [6, 6.07) is 17.5. The minimum Gasteiger partial charge on any atom is -0.484 e. The number of aromatic amines is 1. The number of hydrogen-bond acceptors (Lipinski definition) is 3. The molecule has 5 heteroatoms. The molecule has 1 fully saturated rings. The summed E-state index contributed by atoms with van der Waals surface area (Å²) in [5.41, 5.74) is 2.02. The number of ether oxygens (including phenoxy) is 1. The molecule has 5 nitrogen and oxygen atoms in total. The van der Waals surface area contributed by atoms with Crippen LogP contribution in [-0.2, 0) is 4.79 Å². The number of para-hydroxylation sites is 3. The summed E-state index contributed by atoms with van der Waals surface area (Å²) in [4.78, 5) is 20.4. The van der Waals surface area contributed by atoms with Gasteiger partial charge in [0.05, 0.1) is 11.0 Å². The number of carbonyl (C=O) groups excluding carboxylic acids is 1. The van der Waals surface area contributed by atoms with Crippen molar-refractivity contribution >= 4 is 16.9 Å². The van der Waals surface area contributed by atoms with Crippen molar-refractivity contribution in [2.24, 2.45) is 0 Å². The van der Waals surface area contributed by atoms with Crippen LogP contribution in [0.15, 0.2) is 54.6 Å². The second kappa shape index (κ2) is 6.97. The van der Waals surface area contributed by atoms with Crippen molar-refractivity contribution in [2.75, 3.05) is 6.61 Å². The van der Waals surface area contributed by atoms with E-state index in [1.54, 1.807) is 0 Å². The molecule has 1 amide bonds. The van der Waals surface area contributed by atoms with Gasteiger partial charge in [-0.2, -0.15) is 0 Å². The van der Waals surface area contributed by atoms with Gasteiger partial charge in [0, 0.05) is 12.0 Å². The number of rotatable bonds is 5. The van der Waals surface area contributed by atoms with E-state index in [0.29, 0.717) is 5.75 Å². The van der Waals surface area contributed by atoms with E-state index >= 15 is 0 Å². The molecule has 0 saturated heterocycles. The zero-order chi connectivity index (χ0) is 17.1. The number of benzene rings is 2. The minimum atomic E-state index is -0.0862. The molecule has 1 aromatic heterocycles. The average molecular weight is 335 g/mol. The SMILES string of the molecule is O=C(COc1ccccc1)NC1CCCC1c1nc2ccccc2[nH]1. The summed E-state index contributed by atoms with van der Waals surface area (Å²) in [6.07, 6.45) is 3.09. The number of carbonyl (C=O) groups is 1. The number of nitrogens with zero attached hydrogens (tertiary/aromatic N) is 1. The number of H-pyrrole nitrogens is 1. The van der Waals surface area contributed by atoms with Gasteiger partial charge in [0.15, 0.2) is 6.61 Å². The number of aromatic nitrogens is 2. The summed E-state index contributed by atoms with van der Waals surface area (Å²) in [7, 11) is 0. The third kappa shape index (κ3) is 3.50. The predicted molar refractivity (Wildman–Crippen MR) is 96.6 cm³/mol. The summed E-state index contributed by atoms with van der Waals surface area (Å²) >= 11 is 0. The fourth-order valence-corrected chi connectivity index (χ4v) is 3.52. The first-order chi connectivity index (χ1) is 12.3. The van der Waals surface area contributed by atoms with Crippen LogP contribution in [0.2, 0.25) is 0 Å². The highest BCUT2D eigenvalue weighted by Crippen LogP contribution is 2.34. The second-order valence-electron chi connectivity index (χ2n) is 6.45. The number of amides is 1. The number of imidazole rings is 1. The summed E-state index contributed by atoms with van der Waals surface area (Å²) in [5.74, 6) is 1.82. The quantitative estimate of drug-likeness (QED) is 0.751. The first kappa shape index (κ1) is 15.7. The van der Waals surface area contributed by atoms with Crippen molar-refractivity contribution in [2.45, 2.75) is 31.2 Å². The van der Waals surface area contributed by atoms with Gasteiger partial charge in [-0.15, -0.1) is 0 Å². The van der Waals surface area contributed by atoms with E-state index in [2.05, 4.69) is 10.3 Å². The van der Waals surface area contributed by atoms with Crippen molar-refractivity contribution in [3.05, 3.63) is 60.4 Å². The van der Waals surface area contributed by atoms with Gasteiger partial charge in [0.1, 0.15) is 11.6 Å². The summed E-state index contributed by atoms with van der Waals surface area (Å²) in [5, 5.41) is 3.12. The molecule has 3 aromatic rings. The maximum absolute atomic E-state index is 12.3. The van der Waals surface area contributed by atoms with E-state index in [1.807, 2.05) is 54.6 Å². The molecule has 1 saturated carbocycles. The average Bonchev–Trinajstić information content (AvgIpc) is 3.27. The fraction of sp³-hybridized carbons (Fsp3) is 0.300. The van der Waals surface area contributed by atoms with Crippen LogP contribution in [0.5, 0.6) is 5.75 Å². The monoisotopic (exact) mass is 335 g/mol. The lowest BCUT2D eigenvalue weighted by atomic mass is 10.0. The van der Waals surface area contributed by atoms with Gasteiger partial charge >= 0.3 is 0 Å². The van der Waals surface area contributed by atoms with Gasteiger partial charge < -0.3 is 15.0 Å². The molecule has 128 valence electrons. The van der Waals surface area contributed by atoms with E-state index < -0.39 is 0 Å². The molecule has 0 aliphatic heterocycles. The van der Waals surface area contributed by atoms with Crippen LogP contribution in [0.3, 0.4) is 0 Å². The van der Waals surface area contributed by atoms with Gasteiger partial charge in [0.25, 0.3) is 5.91 Å². The van der Waals surface area contributed by atoms with Crippen molar-refractivity contribution in [1.82, 2.24) is 15.3 Å². The van der Waals surface area contributed by atoms with E-state index in [9.17, 15) is 4.79 Å². The Kier molecular flexibility index (Phi) is 4.37. The van der Waals surface area contributed by atoms with E-state index in [-0.39, 0.29) is 24.5 Å². The van der Waals surface area contributed by atoms with Crippen LogP contribution < -0.4 is 10.1 Å². The zero-order valence-corrected chi connectivity index (χ0v) is 13.9. The lowest BCUT2D eigenvalue weighted by Gasteiger charge is -2.19. The van der Waals surface area contributed by atoms with E-state index in [0.717, 1.165) is 36.1 Å². The highest BCUT2D eigenvalue weighted by molar-refractivity contribution is 5.78. The van der Waals surface area contributed by atoms with Gasteiger partial charge in [-0.1, -0.05) is 36.8 Å². The van der Waals surface area contributed by atoms with Gasteiger partial charge in [-0.25, -0.2) is 4.98 Å². The molecule has 0 spiro atoms. The Morgan fingerprint density at radius 3 is 2.76 bits per heavy atom. The Balaban J connectivity index is 1.40. The summed E-state index contributed by atoms with van der Waals surface area (Å²) in [6.45, 7) is 0.0351. The van der Waals surface area contributed by atoms with Crippen molar-refractivity contribution in [3.63, 3.8) is 0 Å². The van der Waals surface area contributed by atoms with Crippen LogP contribution in [0, 0.1) is 0 Å². The van der Waals surface area contributed by atoms with Crippen LogP contribution in [0.1, 0.15) is 31.0 Å². The van der Waals surface area contributed by atoms with Gasteiger partial charge in [-0.05, 0) is 37.1 Å². The Morgan fingerprint density at radius 2 is 1.92 bits per heavy atom. The molecule has 1 aliphatic rings. The molecule has 2 N–H and O–H groups in total.